The van der Waals surface area contributed by atoms with Crippen LogP contribution in [-0.2, 0) is 0 Å². The summed E-state index contributed by atoms with van der Waals surface area (Å²) in [5.41, 5.74) is 0.231. The highest BCUT2D eigenvalue weighted by atomic mass is 32.2. The lowest BCUT2D eigenvalue weighted by Gasteiger charge is -2.06. The van der Waals surface area contributed by atoms with Crippen molar-refractivity contribution in [3.8, 4) is 0 Å². The third-order valence-electron chi connectivity index (χ3n) is 2.24. The van der Waals surface area contributed by atoms with E-state index >= 15 is 0 Å². The van der Waals surface area contributed by atoms with E-state index in [4.69, 9.17) is 0 Å². The molecule has 0 fully saturated rings. The van der Waals surface area contributed by atoms with E-state index in [9.17, 15) is 10.1 Å². The van der Waals surface area contributed by atoms with Crippen molar-refractivity contribution in [1.82, 2.24) is 19.3 Å². The van der Waals surface area contributed by atoms with Gasteiger partial charge in [-0.25, -0.2) is 9.97 Å². The van der Waals surface area contributed by atoms with Crippen molar-refractivity contribution in [2.45, 2.75) is 30.1 Å². The molecule has 0 aliphatic heterocycles. The van der Waals surface area contributed by atoms with Gasteiger partial charge in [-0.15, -0.1) is 0 Å². The lowest BCUT2D eigenvalue weighted by molar-refractivity contribution is -0.389. The molecule has 2 aromatic rings. The van der Waals surface area contributed by atoms with Gasteiger partial charge < -0.3 is 5.32 Å². The van der Waals surface area contributed by atoms with Crippen LogP contribution in [0.15, 0.2) is 9.37 Å². The number of aromatic nitrogens is 4. The van der Waals surface area contributed by atoms with Gasteiger partial charge >= 0.3 is 5.69 Å². The number of hydrogen-bond donors (Lipinski definition) is 1. The first kappa shape index (κ1) is 14.6. The molecule has 2 heterocycles. The lowest BCUT2D eigenvalue weighted by Crippen LogP contribution is -2.07. The zero-order valence-electron chi connectivity index (χ0n) is 11.1. The van der Waals surface area contributed by atoms with Gasteiger partial charge in [0.2, 0.25) is 5.95 Å². The number of rotatable bonds is 5. The lowest BCUT2D eigenvalue weighted by atomic mass is 10.4. The van der Waals surface area contributed by atoms with Crippen molar-refractivity contribution in [1.29, 1.82) is 0 Å². The molecule has 0 spiro atoms. The van der Waals surface area contributed by atoms with E-state index in [1.807, 2.05) is 6.92 Å². The summed E-state index contributed by atoms with van der Waals surface area (Å²) in [6.45, 7) is 5.90. The molecule has 2 rings (SSSR count). The highest BCUT2D eigenvalue weighted by Crippen LogP contribution is 2.35. The van der Waals surface area contributed by atoms with Gasteiger partial charge in [-0.05, 0) is 44.1 Å². The second-order valence-corrected chi connectivity index (χ2v) is 5.77. The number of hydrogen-bond acceptors (Lipinski definition) is 9. The van der Waals surface area contributed by atoms with Gasteiger partial charge in [0, 0.05) is 6.54 Å². The summed E-state index contributed by atoms with van der Waals surface area (Å²) in [5.74, 6) is 1.01. The van der Waals surface area contributed by atoms with Gasteiger partial charge in [0.1, 0.15) is 11.5 Å². The van der Waals surface area contributed by atoms with E-state index in [0.717, 1.165) is 11.8 Å². The summed E-state index contributed by atoms with van der Waals surface area (Å²) in [6.07, 6.45) is 0. The molecule has 20 heavy (non-hydrogen) atoms. The zero-order chi connectivity index (χ0) is 14.7. The third kappa shape index (κ3) is 3.20. The number of anilines is 1. The van der Waals surface area contributed by atoms with Crippen LogP contribution in [0.4, 0.5) is 11.6 Å². The first-order valence-corrected chi connectivity index (χ1v) is 7.35. The Morgan fingerprint density at radius 1 is 1.35 bits per heavy atom. The summed E-state index contributed by atoms with van der Waals surface area (Å²) in [4.78, 5) is 23.1. The maximum atomic E-state index is 11.2. The second-order valence-electron chi connectivity index (χ2n) is 3.78. The van der Waals surface area contributed by atoms with E-state index in [1.165, 1.54) is 11.5 Å². The van der Waals surface area contributed by atoms with Gasteiger partial charge in [-0.2, -0.15) is 9.36 Å². The molecule has 106 valence electrons. The highest BCUT2D eigenvalue weighted by molar-refractivity contribution is 8.01. The third-order valence-corrected chi connectivity index (χ3v) is 4.06. The Labute approximate surface area is 123 Å². The van der Waals surface area contributed by atoms with Gasteiger partial charge in [0.25, 0.3) is 0 Å². The van der Waals surface area contributed by atoms with E-state index in [-0.39, 0.29) is 10.7 Å². The van der Waals surface area contributed by atoms with Crippen LogP contribution in [0, 0.1) is 24.0 Å². The maximum absolute atomic E-state index is 11.2. The van der Waals surface area contributed by atoms with Crippen molar-refractivity contribution in [2.24, 2.45) is 0 Å². The SMILES string of the molecule is CCNc1nc(C)c([N+](=O)[O-])c(Sc2nc(C)ns2)n1. The quantitative estimate of drug-likeness (QED) is 0.509. The predicted octanol–water partition coefficient (Wildman–Crippen LogP) is 2.44. The molecule has 0 aliphatic rings. The smallest absolute Gasteiger partial charge is 0.322 e. The minimum atomic E-state index is -0.471. The average molecular weight is 312 g/mol. The Morgan fingerprint density at radius 3 is 2.65 bits per heavy atom. The van der Waals surface area contributed by atoms with Gasteiger partial charge in [-0.1, -0.05) is 0 Å². The fraction of sp³-hybridized carbons (Fsp3) is 0.400. The fourth-order valence-corrected chi connectivity index (χ4v) is 3.18. The average Bonchev–Trinajstić information content (AvgIpc) is 2.74. The molecule has 0 radical (unpaired) electrons. The molecular weight excluding hydrogens is 300 g/mol. The molecule has 0 saturated carbocycles. The largest absolute Gasteiger partial charge is 0.354 e. The monoisotopic (exact) mass is 312 g/mol. The van der Waals surface area contributed by atoms with Crippen LogP contribution in [0.1, 0.15) is 18.4 Å². The predicted molar refractivity (Wildman–Crippen MR) is 76.4 cm³/mol. The Hall–Kier alpha value is -1.81. The van der Waals surface area contributed by atoms with Crippen molar-refractivity contribution in [3.05, 3.63) is 21.6 Å². The van der Waals surface area contributed by atoms with Crippen molar-refractivity contribution >= 4 is 34.9 Å². The first-order valence-electron chi connectivity index (χ1n) is 5.76. The Bertz CT molecular complexity index is 645. The molecule has 0 bridgehead atoms. The van der Waals surface area contributed by atoms with Crippen LogP contribution >= 0.6 is 23.3 Å². The minimum Gasteiger partial charge on any atom is -0.354 e. The van der Waals surface area contributed by atoms with Crippen molar-refractivity contribution in [2.75, 3.05) is 11.9 Å². The maximum Gasteiger partial charge on any atom is 0.322 e. The van der Waals surface area contributed by atoms with Gasteiger partial charge in [0.05, 0.1) is 4.92 Å². The van der Waals surface area contributed by atoms with Crippen LogP contribution in [0.3, 0.4) is 0 Å². The summed E-state index contributed by atoms with van der Waals surface area (Å²) >= 11 is 2.32. The topological polar surface area (TPSA) is 107 Å². The summed E-state index contributed by atoms with van der Waals surface area (Å²) in [6, 6.07) is 0. The molecule has 2 aromatic heterocycles. The highest BCUT2D eigenvalue weighted by Gasteiger charge is 2.23. The molecule has 0 unspecified atom stereocenters. The molecule has 0 atom stereocenters. The van der Waals surface area contributed by atoms with Crippen LogP contribution in [0.25, 0.3) is 0 Å². The molecular formula is C10H12N6O2S2. The Morgan fingerprint density at radius 2 is 2.10 bits per heavy atom. The van der Waals surface area contributed by atoms with E-state index in [0.29, 0.717) is 28.4 Å². The number of nitrogens with zero attached hydrogens (tertiary/aromatic N) is 5. The summed E-state index contributed by atoms with van der Waals surface area (Å²) in [5, 5.41) is 14.4. The number of nitro groups is 1. The van der Waals surface area contributed by atoms with E-state index in [2.05, 4.69) is 24.6 Å². The van der Waals surface area contributed by atoms with Gasteiger partial charge in [0.15, 0.2) is 9.37 Å². The Kier molecular flexibility index (Phi) is 4.45. The standard InChI is InChI=1S/C10H12N6O2S2/c1-4-11-9-12-5(2)7(16(17)18)8(14-9)19-10-13-6(3)15-20-10/h4H2,1-3H3,(H,11,12,14). The molecule has 0 aliphatic carbocycles. The van der Waals surface area contributed by atoms with Crippen LogP contribution < -0.4 is 5.32 Å². The normalized spacial score (nSPS) is 10.6. The van der Waals surface area contributed by atoms with E-state index < -0.39 is 4.92 Å². The molecule has 8 nitrogen and oxygen atoms in total. The zero-order valence-corrected chi connectivity index (χ0v) is 12.7. The summed E-state index contributed by atoms with van der Waals surface area (Å²) < 4.78 is 4.67. The van der Waals surface area contributed by atoms with Crippen LogP contribution in [0.5, 0.6) is 0 Å². The minimum absolute atomic E-state index is 0.0930. The van der Waals surface area contributed by atoms with E-state index in [1.54, 1.807) is 13.8 Å². The van der Waals surface area contributed by atoms with Crippen molar-refractivity contribution in [3.63, 3.8) is 0 Å². The van der Waals surface area contributed by atoms with Crippen LogP contribution in [0.2, 0.25) is 0 Å². The molecule has 0 aromatic carbocycles. The molecule has 1 N–H and O–H groups in total. The molecule has 10 heteroatoms. The van der Waals surface area contributed by atoms with Crippen LogP contribution in [-0.4, -0.2) is 30.8 Å². The van der Waals surface area contributed by atoms with Crippen molar-refractivity contribution < 1.29 is 4.92 Å². The number of nitrogens with one attached hydrogen (secondary N) is 1. The Balaban J connectivity index is 2.44. The molecule has 0 saturated heterocycles. The second kappa shape index (κ2) is 6.09. The summed E-state index contributed by atoms with van der Waals surface area (Å²) in [7, 11) is 0. The molecule has 0 amide bonds. The number of aryl methyl sites for hydroxylation is 2. The van der Waals surface area contributed by atoms with Gasteiger partial charge in [-0.3, -0.25) is 10.1 Å². The fourth-order valence-electron chi connectivity index (χ4n) is 1.46. The first-order chi connectivity index (χ1) is 9.51.